The summed E-state index contributed by atoms with van der Waals surface area (Å²) < 4.78 is 0. The molecule has 4 heteroatoms. The van der Waals surface area contributed by atoms with Gasteiger partial charge in [-0.25, -0.2) is 5.10 Å². The van der Waals surface area contributed by atoms with E-state index in [1.165, 1.54) is 0 Å². The molecule has 0 unspecified atom stereocenters. The standard InChI is InChI=1S/C9H9N3O/c1-5-3-7-8(11-6(5)2)4-10-12-9(7)13/h3-4H,1-2H3,(H,12,13). The van der Waals surface area contributed by atoms with E-state index in [2.05, 4.69) is 15.2 Å². The number of aryl methyl sites for hydroxylation is 2. The highest BCUT2D eigenvalue weighted by Crippen LogP contribution is 2.10. The second-order valence-electron chi connectivity index (χ2n) is 3.02. The number of aromatic nitrogens is 3. The van der Waals surface area contributed by atoms with Crippen LogP contribution in [0.4, 0.5) is 0 Å². The first-order chi connectivity index (χ1) is 6.18. The molecule has 66 valence electrons. The second-order valence-corrected chi connectivity index (χ2v) is 3.02. The van der Waals surface area contributed by atoms with Crippen LogP contribution in [0.2, 0.25) is 0 Å². The van der Waals surface area contributed by atoms with E-state index in [1.54, 1.807) is 6.20 Å². The molecule has 0 aliphatic heterocycles. The minimum absolute atomic E-state index is 0.187. The molecule has 13 heavy (non-hydrogen) atoms. The van der Waals surface area contributed by atoms with Crippen molar-refractivity contribution in [3.8, 4) is 0 Å². The quantitative estimate of drug-likeness (QED) is 0.648. The molecule has 2 aromatic heterocycles. The van der Waals surface area contributed by atoms with Crippen molar-refractivity contribution in [1.29, 1.82) is 0 Å². The summed E-state index contributed by atoms with van der Waals surface area (Å²) in [5.41, 5.74) is 2.41. The Kier molecular flexibility index (Phi) is 1.62. The molecule has 0 aliphatic carbocycles. The lowest BCUT2D eigenvalue weighted by Gasteiger charge is -2.00. The van der Waals surface area contributed by atoms with Crippen molar-refractivity contribution >= 4 is 10.9 Å². The third-order valence-corrected chi connectivity index (χ3v) is 2.09. The van der Waals surface area contributed by atoms with Crippen LogP contribution >= 0.6 is 0 Å². The van der Waals surface area contributed by atoms with Gasteiger partial charge in [0.25, 0.3) is 5.56 Å². The van der Waals surface area contributed by atoms with Crippen LogP contribution in [-0.2, 0) is 0 Å². The average molecular weight is 175 g/mol. The number of hydrogen-bond donors (Lipinski definition) is 1. The number of nitrogens with zero attached hydrogens (tertiary/aromatic N) is 2. The Morgan fingerprint density at radius 3 is 2.92 bits per heavy atom. The molecular weight excluding hydrogens is 166 g/mol. The van der Waals surface area contributed by atoms with Gasteiger partial charge >= 0.3 is 0 Å². The smallest absolute Gasteiger partial charge is 0.267 e. The Labute approximate surface area is 74.6 Å². The van der Waals surface area contributed by atoms with Crippen molar-refractivity contribution in [2.75, 3.05) is 0 Å². The summed E-state index contributed by atoms with van der Waals surface area (Å²) in [6.07, 6.45) is 1.56. The first-order valence-electron chi connectivity index (χ1n) is 4.00. The van der Waals surface area contributed by atoms with Crippen LogP contribution in [0.25, 0.3) is 10.9 Å². The third kappa shape index (κ3) is 1.20. The number of H-pyrrole nitrogens is 1. The van der Waals surface area contributed by atoms with Gasteiger partial charge in [-0.1, -0.05) is 0 Å². The highest BCUT2D eigenvalue weighted by Gasteiger charge is 2.02. The molecule has 2 aromatic rings. The number of hydrogen-bond acceptors (Lipinski definition) is 3. The van der Waals surface area contributed by atoms with Crippen LogP contribution in [0.15, 0.2) is 17.1 Å². The van der Waals surface area contributed by atoms with Gasteiger partial charge in [-0.15, -0.1) is 0 Å². The molecular formula is C9H9N3O. The monoisotopic (exact) mass is 175 g/mol. The highest BCUT2D eigenvalue weighted by molar-refractivity contribution is 5.77. The van der Waals surface area contributed by atoms with E-state index >= 15 is 0 Å². The van der Waals surface area contributed by atoms with E-state index in [0.717, 1.165) is 11.3 Å². The topological polar surface area (TPSA) is 58.6 Å². The zero-order valence-electron chi connectivity index (χ0n) is 7.46. The fourth-order valence-corrected chi connectivity index (χ4v) is 1.22. The lowest BCUT2D eigenvalue weighted by atomic mass is 10.2. The molecule has 0 amide bonds. The largest absolute Gasteiger partial charge is 0.273 e. The van der Waals surface area contributed by atoms with Crippen LogP contribution in [0.1, 0.15) is 11.3 Å². The van der Waals surface area contributed by atoms with Gasteiger partial charge in [0.05, 0.1) is 17.1 Å². The van der Waals surface area contributed by atoms with E-state index < -0.39 is 0 Å². The number of aromatic amines is 1. The first kappa shape index (κ1) is 7.91. The fraction of sp³-hybridized carbons (Fsp3) is 0.222. The maximum Gasteiger partial charge on any atom is 0.273 e. The highest BCUT2D eigenvalue weighted by atomic mass is 16.1. The maximum absolute atomic E-state index is 11.3. The number of rotatable bonds is 0. The zero-order valence-corrected chi connectivity index (χ0v) is 7.46. The average Bonchev–Trinajstić information content (AvgIpc) is 2.09. The van der Waals surface area contributed by atoms with Crippen molar-refractivity contribution < 1.29 is 0 Å². The minimum Gasteiger partial charge on any atom is -0.267 e. The Balaban J connectivity index is 2.97. The summed E-state index contributed by atoms with van der Waals surface area (Å²) in [6.45, 7) is 3.84. The lowest BCUT2D eigenvalue weighted by Crippen LogP contribution is -2.08. The SMILES string of the molecule is Cc1cc2c(=O)[nH]ncc2nc1C. The predicted octanol–water partition coefficient (Wildman–Crippen LogP) is 0.935. The molecule has 0 atom stereocenters. The number of nitrogens with one attached hydrogen (secondary N) is 1. The maximum atomic E-state index is 11.3. The number of pyridine rings is 1. The molecule has 0 fully saturated rings. The van der Waals surface area contributed by atoms with E-state index in [0.29, 0.717) is 10.9 Å². The van der Waals surface area contributed by atoms with Crippen LogP contribution in [0.3, 0.4) is 0 Å². The van der Waals surface area contributed by atoms with Gasteiger partial charge in [-0.3, -0.25) is 9.78 Å². The Morgan fingerprint density at radius 1 is 1.38 bits per heavy atom. The summed E-state index contributed by atoms with van der Waals surface area (Å²) in [5, 5.41) is 6.65. The Morgan fingerprint density at radius 2 is 2.15 bits per heavy atom. The van der Waals surface area contributed by atoms with Crippen LogP contribution < -0.4 is 5.56 Å². The third-order valence-electron chi connectivity index (χ3n) is 2.09. The first-order valence-corrected chi connectivity index (χ1v) is 4.00. The van der Waals surface area contributed by atoms with Crippen molar-refractivity contribution in [2.24, 2.45) is 0 Å². The normalized spacial score (nSPS) is 10.6. The molecule has 0 aromatic carbocycles. The zero-order chi connectivity index (χ0) is 9.42. The molecule has 0 saturated heterocycles. The molecule has 0 saturated carbocycles. The van der Waals surface area contributed by atoms with Crippen molar-refractivity contribution in [2.45, 2.75) is 13.8 Å². The van der Waals surface area contributed by atoms with Gasteiger partial charge in [-0.2, -0.15) is 5.10 Å². The minimum atomic E-state index is -0.187. The van der Waals surface area contributed by atoms with Crippen LogP contribution in [0.5, 0.6) is 0 Å². The molecule has 0 radical (unpaired) electrons. The molecule has 1 N–H and O–H groups in total. The molecule has 4 nitrogen and oxygen atoms in total. The summed E-state index contributed by atoms with van der Waals surface area (Å²) in [6, 6.07) is 1.83. The summed E-state index contributed by atoms with van der Waals surface area (Å²) in [5.74, 6) is 0. The second kappa shape index (κ2) is 2.65. The Hall–Kier alpha value is -1.71. The van der Waals surface area contributed by atoms with E-state index in [9.17, 15) is 4.79 Å². The molecule has 0 aliphatic rings. The molecule has 2 heterocycles. The summed E-state index contributed by atoms with van der Waals surface area (Å²) >= 11 is 0. The van der Waals surface area contributed by atoms with Gasteiger partial charge in [0.2, 0.25) is 0 Å². The van der Waals surface area contributed by atoms with Gasteiger partial charge in [-0.05, 0) is 25.5 Å². The molecule has 2 rings (SSSR count). The van der Waals surface area contributed by atoms with Crippen molar-refractivity contribution in [1.82, 2.24) is 15.2 Å². The van der Waals surface area contributed by atoms with Crippen molar-refractivity contribution in [3.63, 3.8) is 0 Å². The van der Waals surface area contributed by atoms with E-state index in [-0.39, 0.29) is 5.56 Å². The summed E-state index contributed by atoms with van der Waals surface area (Å²) in [7, 11) is 0. The summed E-state index contributed by atoms with van der Waals surface area (Å²) in [4.78, 5) is 15.5. The van der Waals surface area contributed by atoms with E-state index in [1.807, 2.05) is 19.9 Å². The number of fused-ring (bicyclic) bond motifs is 1. The van der Waals surface area contributed by atoms with Crippen LogP contribution in [0, 0.1) is 13.8 Å². The van der Waals surface area contributed by atoms with Gasteiger partial charge in [0.1, 0.15) is 0 Å². The van der Waals surface area contributed by atoms with E-state index in [4.69, 9.17) is 0 Å². The lowest BCUT2D eigenvalue weighted by molar-refractivity contribution is 1.00. The fourth-order valence-electron chi connectivity index (χ4n) is 1.22. The van der Waals surface area contributed by atoms with Crippen molar-refractivity contribution in [3.05, 3.63) is 33.9 Å². The van der Waals surface area contributed by atoms with Crippen LogP contribution in [-0.4, -0.2) is 15.2 Å². The Bertz CT molecular complexity index is 516. The molecule has 0 bridgehead atoms. The van der Waals surface area contributed by atoms with Gasteiger partial charge < -0.3 is 0 Å². The molecule has 0 spiro atoms. The van der Waals surface area contributed by atoms with Gasteiger partial charge in [0, 0.05) is 5.69 Å². The van der Waals surface area contributed by atoms with Gasteiger partial charge in [0.15, 0.2) is 0 Å². The predicted molar refractivity (Wildman–Crippen MR) is 49.6 cm³/mol.